The summed E-state index contributed by atoms with van der Waals surface area (Å²) in [5, 5.41) is 9.55. The van der Waals surface area contributed by atoms with Gasteiger partial charge in [0, 0.05) is 17.2 Å². The molecular formula is C13H16O5. The maximum atomic E-state index is 11.2. The Hall–Kier alpha value is -2.04. The molecule has 1 aliphatic heterocycles. The first-order chi connectivity index (χ1) is 8.31. The van der Waals surface area contributed by atoms with Crippen LogP contribution >= 0.6 is 0 Å². The molecule has 5 heteroatoms. The van der Waals surface area contributed by atoms with Crippen LogP contribution in [0, 0.1) is 0 Å². The molecule has 0 saturated heterocycles. The molecule has 0 radical (unpaired) electrons. The van der Waals surface area contributed by atoms with Crippen LogP contribution in [-0.4, -0.2) is 23.1 Å². The van der Waals surface area contributed by atoms with Gasteiger partial charge in [0.05, 0.1) is 12.2 Å². The fourth-order valence-corrected chi connectivity index (χ4v) is 1.29. The Morgan fingerprint density at radius 3 is 2.39 bits per heavy atom. The molecule has 1 N–H and O–H groups in total. The third-order valence-electron chi connectivity index (χ3n) is 2.34. The van der Waals surface area contributed by atoms with E-state index in [0.717, 1.165) is 6.08 Å². The lowest BCUT2D eigenvalue weighted by Gasteiger charge is -2.04. The van der Waals surface area contributed by atoms with Gasteiger partial charge < -0.3 is 14.6 Å². The lowest BCUT2D eigenvalue weighted by Crippen LogP contribution is -2.09. The minimum absolute atomic E-state index is 0.239. The second kappa shape index (κ2) is 5.53. The summed E-state index contributed by atoms with van der Waals surface area (Å²) < 4.78 is 9.74. The topological polar surface area (TPSA) is 72.8 Å². The zero-order valence-electron chi connectivity index (χ0n) is 10.8. The monoisotopic (exact) mass is 252 g/mol. The molecule has 0 spiro atoms. The summed E-state index contributed by atoms with van der Waals surface area (Å²) in [5.74, 6) is -1.18. The van der Waals surface area contributed by atoms with Gasteiger partial charge in [-0.25, -0.2) is 9.59 Å². The highest BCUT2D eigenvalue weighted by molar-refractivity contribution is 5.93. The lowest BCUT2D eigenvalue weighted by molar-refractivity contribution is -0.141. The van der Waals surface area contributed by atoms with E-state index in [1.807, 2.05) is 0 Å². The van der Waals surface area contributed by atoms with Crippen molar-refractivity contribution in [2.75, 3.05) is 0 Å². The van der Waals surface area contributed by atoms with Crippen molar-refractivity contribution in [3.8, 4) is 0 Å². The first kappa shape index (κ1) is 14.0. The Bertz CT molecular complexity index is 466. The van der Waals surface area contributed by atoms with E-state index in [4.69, 9.17) is 9.47 Å². The van der Waals surface area contributed by atoms with E-state index in [1.54, 1.807) is 27.7 Å². The average molecular weight is 252 g/mol. The molecule has 1 aliphatic rings. The highest BCUT2D eigenvalue weighted by atomic mass is 16.5. The van der Waals surface area contributed by atoms with Gasteiger partial charge in [-0.15, -0.1) is 0 Å². The van der Waals surface area contributed by atoms with Crippen molar-refractivity contribution in [3.63, 3.8) is 0 Å². The van der Waals surface area contributed by atoms with Crippen LogP contribution in [0.5, 0.6) is 0 Å². The van der Waals surface area contributed by atoms with Crippen molar-refractivity contribution in [1.29, 1.82) is 0 Å². The third-order valence-corrected chi connectivity index (χ3v) is 2.34. The van der Waals surface area contributed by atoms with Crippen LogP contribution in [0.4, 0.5) is 0 Å². The molecule has 0 unspecified atom stereocenters. The predicted octanol–water partition coefficient (Wildman–Crippen LogP) is 2.16. The molecule has 0 atom stereocenters. The molecule has 0 saturated carbocycles. The number of ether oxygens (including phenoxy) is 2. The van der Waals surface area contributed by atoms with Gasteiger partial charge in [0.25, 0.3) is 0 Å². The number of aliphatic hydroxyl groups excluding tert-OH is 1. The number of rotatable bonds is 3. The molecule has 0 bridgehead atoms. The molecule has 98 valence electrons. The molecule has 0 aromatic heterocycles. The number of hydrogen-bond donors (Lipinski definition) is 1. The Balaban J connectivity index is 2.82. The first-order valence-electron chi connectivity index (χ1n) is 5.54. The minimum atomic E-state index is -0.651. The molecular weight excluding hydrogens is 236 g/mol. The van der Waals surface area contributed by atoms with Gasteiger partial charge in [0.15, 0.2) is 0 Å². The molecule has 0 aliphatic carbocycles. The van der Waals surface area contributed by atoms with E-state index in [-0.39, 0.29) is 17.6 Å². The third kappa shape index (κ3) is 3.48. The van der Waals surface area contributed by atoms with Crippen molar-refractivity contribution < 1.29 is 24.2 Å². The van der Waals surface area contributed by atoms with E-state index in [9.17, 15) is 14.7 Å². The highest BCUT2D eigenvalue weighted by Crippen LogP contribution is 2.25. The number of carbonyl (C=O) groups is 2. The van der Waals surface area contributed by atoms with Crippen LogP contribution in [0.2, 0.25) is 0 Å². The Morgan fingerprint density at radius 2 is 1.94 bits per heavy atom. The normalized spacial score (nSPS) is 18.6. The molecule has 1 rings (SSSR count). The van der Waals surface area contributed by atoms with Crippen LogP contribution in [-0.2, 0) is 19.1 Å². The smallest absolute Gasteiger partial charge is 0.339 e. The number of hydrogen-bond acceptors (Lipinski definition) is 5. The molecule has 18 heavy (non-hydrogen) atoms. The lowest BCUT2D eigenvalue weighted by atomic mass is 10.1. The van der Waals surface area contributed by atoms with E-state index in [2.05, 4.69) is 0 Å². The van der Waals surface area contributed by atoms with Crippen molar-refractivity contribution >= 4 is 11.9 Å². The number of aliphatic hydroxyl groups is 1. The van der Waals surface area contributed by atoms with Crippen LogP contribution in [0.1, 0.15) is 27.7 Å². The first-order valence-corrected chi connectivity index (χ1v) is 5.54. The molecule has 0 aromatic rings. The van der Waals surface area contributed by atoms with Crippen molar-refractivity contribution in [2.45, 2.75) is 33.8 Å². The van der Waals surface area contributed by atoms with E-state index >= 15 is 0 Å². The van der Waals surface area contributed by atoms with Gasteiger partial charge in [0.1, 0.15) is 11.5 Å². The fourth-order valence-electron chi connectivity index (χ4n) is 1.29. The van der Waals surface area contributed by atoms with Crippen molar-refractivity contribution in [1.82, 2.24) is 0 Å². The van der Waals surface area contributed by atoms with Gasteiger partial charge in [-0.3, -0.25) is 0 Å². The fraction of sp³-hybridized carbons (Fsp3) is 0.385. The number of carbonyl (C=O) groups excluding carboxylic acids is 2. The van der Waals surface area contributed by atoms with E-state index in [0.29, 0.717) is 11.1 Å². The Morgan fingerprint density at radius 1 is 1.33 bits per heavy atom. The Labute approximate surface area is 105 Å². The molecule has 1 heterocycles. The second-order valence-electron chi connectivity index (χ2n) is 4.20. The Kier molecular flexibility index (Phi) is 4.31. The summed E-state index contributed by atoms with van der Waals surface area (Å²) in [7, 11) is 0. The zero-order chi connectivity index (χ0) is 13.9. The number of allylic oxidation sites excluding steroid dienone is 2. The minimum Gasteiger partial charge on any atom is -0.508 e. The second-order valence-corrected chi connectivity index (χ2v) is 4.20. The van der Waals surface area contributed by atoms with Gasteiger partial charge in [-0.05, 0) is 27.7 Å². The maximum Gasteiger partial charge on any atom is 0.339 e. The summed E-state index contributed by atoms with van der Waals surface area (Å²) in [6.07, 6.45) is 1.88. The van der Waals surface area contributed by atoms with Gasteiger partial charge >= 0.3 is 11.9 Å². The average Bonchev–Trinajstić information content (AvgIpc) is 2.44. The molecule has 0 fully saturated rings. The van der Waals surface area contributed by atoms with Crippen LogP contribution in [0.25, 0.3) is 0 Å². The zero-order valence-corrected chi connectivity index (χ0v) is 10.8. The summed E-state index contributed by atoms with van der Waals surface area (Å²) in [6, 6.07) is 0. The van der Waals surface area contributed by atoms with Crippen molar-refractivity contribution in [2.24, 2.45) is 0 Å². The van der Waals surface area contributed by atoms with Gasteiger partial charge in [0.2, 0.25) is 0 Å². The van der Waals surface area contributed by atoms with Gasteiger partial charge in [-0.2, -0.15) is 0 Å². The van der Waals surface area contributed by atoms with E-state index < -0.39 is 11.9 Å². The maximum absolute atomic E-state index is 11.2. The van der Waals surface area contributed by atoms with Crippen LogP contribution in [0.15, 0.2) is 34.8 Å². The quantitative estimate of drug-likeness (QED) is 0.473. The summed E-state index contributed by atoms with van der Waals surface area (Å²) in [5.41, 5.74) is 1.12. The molecule has 0 amide bonds. The largest absolute Gasteiger partial charge is 0.508 e. The van der Waals surface area contributed by atoms with Crippen LogP contribution in [0.3, 0.4) is 0 Å². The van der Waals surface area contributed by atoms with E-state index in [1.165, 1.54) is 6.08 Å². The molecule has 0 aromatic carbocycles. The summed E-state index contributed by atoms with van der Waals surface area (Å²) >= 11 is 0. The summed E-state index contributed by atoms with van der Waals surface area (Å²) in [6.45, 7) is 6.74. The summed E-state index contributed by atoms with van der Waals surface area (Å²) in [4.78, 5) is 22.5. The molecule has 5 nitrogen and oxygen atoms in total. The van der Waals surface area contributed by atoms with Gasteiger partial charge in [-0.1, -0.05) is 0 Å². The SMILES string of the molecule is CC1=C(C)/C(=C/C(O)=C/C(=O)OC(C)C)OC1=O. The number of esters is 2. The highest BCUT2D eigenvalue weighted by Gasteiger charge is 2.23. The van der Waals surface area contributed by atoms with Crippen LogP contribution < -0.4 is 0 Å². The van der Waals surface area contributed by atoms with Crippen molar-refractivity contribution in [3.05, 3.63) is 34.8 Å². The predicted molar refractivity (Wildman–Crippen MR) is 64.5 cm³/mol. The number of cyclic esters (lactones) is 1. The standard InChI is InChI=1S/C13H16O5/c1-7(2)17-12(15)6-10(14)5-11-8(3)9(4)13(16)18-11/h5-7,14H,1-4H3/b10-6-,11-5-.